The van der Waals surface area contributed by atoms with Crippen LogP contribution < -0.4 is 17.2 Å². The molecule has 6 heteroatoms. The first-order chi connectivity index (χ1) is 6.65. The molecule has 0 saturated heterocycles. The van der Waals surface area contributed by atoms with Crippen LogP contribution in [-0.4, -0.2) is 15.2 Å². The fourth-order valence-electron chi connectivity index (χ4n) is 1.22. The minimum atomic E-state index is -0.360. The summed E-state index contributed by atoms with van der Waals surface area (Å²) in [6.45, 7) is 0. The van der Waals surface area contributed by atoms with Gasteiger partial charge in [0.05, 0.1) is 0 Å². The van der Waals surface area contributed by atoms with Crippen molar-refractivity contribution < 1.29 is 0 Å². The molecule has 1 aromatic carbocycles. The normalized spacial score (nSPS) is 10.3. The van der Waals surface area contributed by atoms with Crippen molar-refractivity contribution in [3.05, 3.63) is 28.7 Å². The van der Waals surface area contributed by atoms with E-state index in [1.54, 1.807) is 18.2 Å². The van der Waals surface area contributed by atoms with Crippen LogP contribution in [0.4, 0.5) is 11.4 Å². The van der Waals surface area contributed by atoms with Crippen molar-refractivity contribution in [2.45, 2.75) is 0 Å². The van der Waals surface area contributed by atoms with Crippen LogP contribution >= 0.6 is 0 Å². The molecule has 0 aliphatic rings. The number of aromatic amines is 2. The molecular weight excluding hydrogens is 182 g/mol. The summed E-state index contributed by atoms with van der Waals surface area (Å²) in [5, 5.41) is 6.03. The van der Waals surface area contributed by atoms with Crippen LogP contribution in [0.25, 0.3) is 11.4 Å². The largest absolute Gasteiger partial charge is 0.399 e. The van der Waals surface area contributed by atoms with E-state index in [-0.39, 0.29) is 5.69 Å². The number of hydrogen-bond donors (Lipinski definition) is 4. The van der Waals surface area contributed by atoms with Crippen LogP contribution in [0.15, 0.2) is 23.0 Å². The second kappa shape index (κ2) is 2.91. The zero-order valence-corrected chi connectivity index (χ0v) is 7.24. The molecule has 0 amide bonds. The van der Waals surface area contributed by atoms with Gasteiger partial charge in [0.2, 0.25) is 0 Å². The van der Waals surface area contributed by atoms with Crippen molar-refractivity contribution in [3.63, 3.8) is 0 Å². The molecule has 0 spiro atoms. The summed E-state index contributed by atoms with van der Waals surface area (Å²) in [5.41, 5.74) is 12.6. The Balaban J connectivity index is 2.56. The molecule has 0 radical (unpaired) electrons. The number of anilines is 2. The van der Waals surface area contributed by atoms with E-state index in [0.29, 0.717) is 22.8 Å². The maximum absolute atomic E-state index is 10.8. The minimum absolute atomic E-state index is 0.360. The highest BCUT2D eigenvalue weighted by Gasteiger charge is 2.03. The lowest BCUT2D eigenvalue weighted by molar-refractivity contribution is 1.05. The molecule has 14 heavy (non-hydrogen) atoms. The highest BCUT2D eigenvalue weighted by Crippen LogP contribution is 2.20. The number of nitrogen functional groups attached to an aromatic ring is 2. The predicted octanol–water partition coefficient (Wildman–Crippen LogP) is -0.0706. The molecular formula is C8H9N5O. The van der Waals surface area contributed by atoms with E-state index in [1.165, 1.54) is 0 Å². The Labute approximate surface area is 78.9 Å². The van der Waals surface area contributed by atoms with E-state index in [4.69, 9.17) is 11.5 Å². The Hall–Kier alpha value is -2.24. The van der Waals surface area contributed by atoms with Crippen LogP contribution in [-0.2, 0) is 0 Å². The summed E-state index contributed by atoms with van der Waals surface area (Å²) in [4.78, 5) is 13.3. The quantitative estimate of drug-likeness (QED) is 0.472. The molecule has 6 nitrogen and oxygen atoms in total. The Morgan fingerprint density at radius 2 is 1.79 bits per heavy atom. The molecule has 2 rings (SSSR count). The molecule has 6 N–H and O–H groups in total. The smallest absolute Gasteiger partial charge is 0.340 e. The SMILES string of the molecule is Nc1cc(N)cc(-c2n[nH]c(=O)[nH]2)c1. The molecule has 0 aliphatic heterocycles. The fraction of sp³-hybridized carbons (Fsp3) is 0. The van der Waals surface area contributed by atoms with Gasteiger partial charge in [-0.2, -0.15) is 5.10 Å². The van der Waals surface area contributed by atoms with Gasteiger partial charge in [-0.15, -0.1) is 0 Å². The van der Waals surface area contributed by atoms with Crippen LogP contribution in [0.2, 0.25) is 0 Å². The van der Waals surface area contributed by atoms with Crippen molar-refractivity contribution in [1.29, 1.82) is 0 Å². The first-order valence-corrected chi connectivity index (χ1v) is 3.96. The maximum Gasteiger partial charge on any atom is 0.340 e. The van der Waals surface area contributed by atoms with Gasteiger partial charge in [0.15, 0.2) is 5.82 Å². The molecule has 1 heterocycles. The third-order valence-corrected chi connectivity index (χ3v) is 1.75. The van der Waals surface area contributed by atoms with Gasteiger partial charge in [0.25, 0.3) is 0 Å². The zero-order chi connectivity index (χ0) is 10.1. The molecule has 0 saturated carbocycles. The highest BCUT2D eigenvalue weighted by atomic mass is 16.1. The lowest BCUT2D eigenvalue weighted by Crippen LogP contribution is -2.00. The van der Waals surface area contributed by atoms with Crippen LogP contribution in [0, 0.1) is 0 Å². The number of benzene rings is 1. The van der Waals surface area contributed by atoms with E-state index >= 15 is 0 Å². The van der Waals surface area contributed by atoms with Gasteiger partial charge in [-0.05, 0) is 18.2 Å². The predicted molar refractivity (Wildman–Crippen MR) is 53.5 cm³/mol. The Bertz CT molecular complexity index is 492. The first-order valence-electron chi connectivity index (χ1n) is 3.96. The molecule has 0 atom stereocenters. The Morgan fingerprint density at radius 3 is 2.29 bits per heavy atom. The summed E-state index contributed by atoms with van der Waals surface area (Å²) in [5.74, 6) is 0.425. The van der Waals surface area contributed by atoms with Gasteiger partial charge in [-0.3, -0.25) is 4.98 Å². The van der Waals surface area contributed by atoms with Crippen molar-refractivity contribution in [2.24, 2.45) is 0 Å². The second-order valence-electron chi connectivity index (χ2n) is 2.91. The number of nitrogens with one attached hydrogen (secondary N) is 2. The minimum Gasteiger partial charge on any atom is -0.399 e. The number of H-pyrrole nitrogens is 2. The number of nitrogens with zero attached hydrogens (tertiary/aromatic N) is 1. The Kier molecular flexibility index (Phi) is 1.74. The molecule has 0 aliphatic carbocycles. The monoisotopic (exact) mass is 191 g/mol. The fourth-order valence-corrected chi connectivity index (χ4v) is 1.22. The van der Waals surface area contributed by atoms with Crippen LogP contribution in [0.5, 0.6) is 0 Å². The summed E-state index contributed by atoms with van der Waals surface area (Å²) < 4.78 is 0. The van der Waals surface area contributed by atoms with Gasteiger partial charge in [0, 0.05) is 16.9 Å². The molecule has 0 fully saturated rings. The average molecular weight is 191 g/mol. The van der Waals surface area contributed by atoms with Crippen molar-refractivity contribution in [3.8, 4) is 11.4 Å². The van der Waals surface area contributed by atoms with Crippen LogP contribution in [0.1, 0.15) is 0 Å². The zero-order valence-electron chi connectivity index (χ0n) is 7.24. The first kappa shape index (κ1) is 8.36. The third kappa shape index (κ3) is 1.45. The molecule has 72 valence electrons. The summed E-state index contributed by atoms with van der Waals surface area (Å²) in [7, 11) is 0. The van der Waals surface area contributed by atoms with Crippen molar-refractivity contribution >= 4 is 11.4 Å². The molecule has 1 aromatic heterocycles. The van der Waals surface area contributed by atoms with E-state index in [1.807, 2.05) is 0 Å². The van der Waals surface area contributed by atoms with Crippen molar-refractivity contribution in [1.82, 2.24) is 15.2 Å². The lowest BCUT2D eigenvalue weighted by atomic mass is 10.1. The van der Waals surface area contributed by atoms with E-state index in [2.05, 4.69) is 15.2 Å². The number of rotatable bonds is 1. The third-order valence-electron chi connectivity index (χ3n) is 1.75. The van der Waals surface area contributed by atoms with E-state index in [0.717, 1.165) is 0 Å². The maximum atomic E-state index is 10.8. The topological polar surface area (TPSA) is 114 Å². The molecule has 2 aromatic rings. The van der Waals surface area contributed by atoms with Crippen LogP contribution in [0.3, 0.4) is 0 Å². The number of hydrogen-bond acceptors (Lipinski definition) is 4. The summed E-state index contributed by atoms with van der Waals surface area (Å²) in [6, 6.07) is 5.00. The second-order valence-corrected chi connectivity index (χ2v) is 2.91. The standard InChI is InChI=1S/C8H9N5O/c9-5-1-4(2-6(10)3-5)7-11-8(14)13-12-7/h1-3H,9-10H2,(H2,11,12,13,14). The average Bonchev–Trinajstić information content (AvgIpc) is 2.50. The van der Waals surface area contributed by atoms with Gasteiger partial charge in [-0.1, -0.05) is 0 Å². The number of nitrogens with two attached hydrogens (primary N) is 2. The molecule has 0 unspecified atom stereocenters. The summed E-state index contributed by atoms with van der Waals surface area (Å²) >= 11 is 0. The van der Waals surface area contributed by atoms with Gasteiger partial charge in [0.1, 0.15) is 0 Å². The van der Waals surface area contributed by atoms with Crippen molar-refractivity contribution in [2.75, 3.05) is 11.5 Å². The molecule has 0 bridgehead atoms. The van der Waals surface area contributed by atoms with E-state index < -0.39 is 0 Å². The van der Waals surface area contributed by atoms with Gasteiger partial charge >= 0.3 is 5.69 Å². The summed E-state index contributed by atoms with van der Waals surface area (Å²) in [6.07, 6.45) is 0. The van der Waals surface area contributed by atoms with E-state index in [9.17, 15) is 4.79 Å². The lowest BCUT2D eigenvalue weighted by Gasteiger charge is -2.00. The van der Waals surface area contributed by atoms with Gasteiger partial charge in [-0.25, -0.2) is 9.89 Å². The Morgan fingerprint density at radius 1 is 1.14 bits per heavy atom. The number of aromatic nitrogens is 3. The van der Waals surface area contributed by atoms with Gasteiger partial charge < -0.3 is 11.5 Å². The highest BCUT2D eigenvalue weighted by molar-refractivity contribution is 5.67.